The average molecular weight is 659 g/mol. The largest absolute Gasteiger partial charge is 0.493 e. The van der Waals surface area contributed by atoms with Crippen molar-refractivity contribution in [3.8, 4) is 17.2 Å². The van der Waals surface area contributed by atoms with E-state index < -0.39 is 11.5 Å². The van der Waals surface area contributed by atoms with Gasteiger partial charge in [0.15, 0.2) is 11.5 Å². The second-order valence-corrected chi connectivity index (χ2v) is 15.2. The highest BCUT2D eigenvalue weighted by molar-refractivity contribution is 6.30. The molecule has 1 aliphatic heterocycles. The lowest BCUT2D eigenvalue weighted by molar-refractivity contribution is -0.144. The molecule has 8 heteroatoms. The summed E-state index contributed by atoms with van der Waals surface area (Å²) in [6.45, 7) is 7.94. The number of hydrogen-bond donors (Lipinski definition) is 2. The molecular formula is C39H47ClN2O5. The maximum absolute atomic E-state index is 12.9. The van der Waals surface area contributed by atoms with Gasteiger partial charge in [-0.25, -0.2) is 4.79 Å². The molecule has 2 N–H and O–H groups in total. The molecule has 3 aliphatic carbocycles. The van der Waals surface area contributed by atoms with Crippen molar-refractivity contribution in [2.24, 2.45) is 11.8 Å². The van der Waals surface area contributed by atoms with Crippen molar-refractivity contribution in [1.29, 1.82) is 0 Å². The van der Waals surface area contributed by atoms with E-state index in [1.54, 1.807) is 12.1 Å². The van der Waals surface area contributed by atoms with Crippen LogP contribution in [0.2, 0.25) is 5.02 Å². The van der Waals surface area contributed by atoms with E-state index in [-0.39, 0.29) is 11.5 Å². The van der Waals surface area contributed by atoms with Gasteiger partial charge in [0.1, 0.15) is 11.3 Å². The van der Waals surface area contributed by atoms with Gasteiger partial charge >= 0.3 is 5.97 Å². The normalized spacial score (nSPS) is 28.6. The molecular weight excluding hydrogens is 612 g/mol. The van der Waals surface area contributed by atoms with Gasteiger partial charge in [-0.15, -0.1) is 0 Å². The first-order valence-corrected chi connectivity index (χ1v) is 17.9. The van der Waals surface area contributed by atoms with Crippen LogP contribution in [-0.2, 0) is 23.1 Å². The number of benzene rings is 2. The third-order valence-corrected chi connectivity index (χ3v) is 11.7. The molecule has 2 aromatic carbocycles. The number of carboxylic acids is 1. The van der Waals surface area contributed by atoms with Crippen LogP contribution in [0.3, 0.4) is 0 Å². The van der Waals surface area contributed by atoms with Gasteiger partial charge in [0.25, 0.3) is 0 Å². The smallest absolute Gasteiger partial charge is 0.329 e. The minimum atomic E-state index is -1.06. The molecule has 4 atom stereocenters. The van der Waals surface area contributed by atoms with Crippen molar-refractivity contribution in [3.63, 3.8) is 0 Å². The van der Waals surface area contributed by atoms with E-state index in [2.05, 4.69) is 43.2 Å². The second-order valence-electron chi connectivity index (χ2n) is 14.7. The highest BCUT2D eigenvalue weighted by Crippen LogP contribution is 2.58. The van der Waals surface area contributed by atoms with Crippen LogP contribution in [-0.4, -0.2) is 40.9 Å². The summed E-state index contributed by atoms with van der Waals surface area (Å²) < 4.78 is 19.1. The van der Waals surface area contributed by atoms with Gasteiger partial charge in [0.05, 0.1) is 19.3 Å². The summed E-state index contributed by atoms with van der Waals surface area (Å²) in [5.74, 6) is 2.94. The predicted octanol–water partition coefficient (Wildman–Crippen LogP) is 8.75. The van der Waals surface area contributed by atoms with Crippen LogP contribution in [0.1, 0.15) is 100 Å². The minimum Gasteiger partial charge on any atom is -0.493 e. The maximum atomic E-state index is 12.9. The molecule has 7 rings (SSSR count). The lowest BCUT2D eigenvalue weighted by Gasteiger charge is -2.47. The monoisotopic (exact) mass is 658 g/mol. The summed E-state index contributed by atoms with van der Waals surface area (Å²) in [4.78, 5) is 17.6. The van der Waals surface area contributed by atoms with Gasteiger partial charge in [0.2, 0.25) is 0 Å². The molecule has 47 heavy (non-hydrogen) atoms. The average Bonchev–Trinajstić information content (AvgIpc) is 3.18. The van der Waals surface area contributed by atoms with Gasteiger partial charge < -0.3 is 24.6 Å². The van der Waals surface area contributed by atoms with Crippen LogP contribution >= 0.6 is 11.6 Å². The van der Waals surface area contributed by atoms with E-state index in [0.29, 0.717) is 48.8 Å². The van der Waals surface area contributed by atoms with Crippen molar-refractivity contribution in [3.05, 3.63) is 76.1 Å². The van der Waals surface area contributed by atoms with Gasteiger partial charge in [0, 0.05) is 34.6 Å². The summed E-state index contributed by atoms with van der Waals surface area (Å²) in [5, 5.41) is 14.6. The Bertz CT molecular complexity index is 1630. The number of pyridine rings is 1. The van der Waals surface area contributed by atoms with E-state index in [0.717, 1.165) is 61.5 Å². The number of aryl methyl sites for hydroxylation is 1. The van der Waals surface area contributed by atoms with Crippen molar-refractivity contribution < 1.29 is 24.1 Å². The highest BCUT2D eigenvalue weighted by atomic mass is 35.5. The zero-order valence-corrected chi connectivity index (χ0v) is 28.6. The molecule has 1 saturated carbocycles. The number of aromatic nitrogens is 1. The Morgan fingerprint density at radius 3 is 2.74 bits per heavy atom. The summed E-state index contributed by atoms with van der Waals surface area (Å²) in [7, 11) is 0. The van der Waals surface area contributed by atoms with Gasteiger partial charge in [-0.3, -0.25) is 4.98 Å². The standard InChI is InChI=1S/C39H47ClN2O5/c1-24(23-46-33-10-16-41-32-9-4-6-25(2)36(32)33)18-28-19-27-20-35-34(45-17-11-26(3)47-35)22-31(27)38(28)12-14-39(15-13-38,37(43)44)42-30-8-5-7-29(40)21-30/h5,7-8,10,16,20-22,24-26,28,42H,4,6,9,11-15,17-19,23H2,1-3H3,(H,43,44)/t24-,25-,26+,28+,38?,39?/m1/s1. The number of halogens is 1. The second kappa shape index (κ2) is 12.9. The van der Waals surface area contributed by atoms with Crippen LogP contribution in [0.15, 0.2) is 48.7 Å². The zero-order valence-electron chi connectivity index (χ0n) is 27.8. The van der Waals surface area contributed by atoms with E-state index in [4.69, 9.17) is 25.8 Å². The fourth-order valence-corrected chi connectivity index (χ4v) is 9.12. The molecule has 0 saturated heterocycles. The van der Waals surface area contributed by atoms with Crippen LogP contribution in [0.25, 0.3) is 0 Å². The minimum absolute atomic E-state index is 0.0997. The topological polar surface area (TPSA) is 89.9 Å². The Hall–Kier alpha value is -3.45. The quantitative estimate of drug-likeness (QED) is 0.250. The summed E-state index contributed by atoms with van der Waals surface area (Å²) in [5.41, 5.74) is 4.62. The molecule has 2 heterocycles. The lowest BCUT2D eigenvalue weighted by Crippen LogP contribution is -2.53. The number of carboxylic acid groups (broad SMARTS) is 1. The zero-order chi connectivity index (χ0) is 32.8. The molecule has 1 spiro atoms. The van der Waals surface area contributed by atoms with Crippen molar-refractivity contribution in [1.82, 2.24) is 4.98 Å². The molecule has 0 bridgehead atoms. The Balaban J connectivity index is 1.15. The van der Waals surface area contributed by atoms with Crippen molar-refractivity contribution >= 4 is 23.3 Å². The molecule has 0 amide bonds. The van der Waals surface area contributed by atoms with Gasteiger partial charge in [-0.05, 0) is 135 Å². The first-order valence-electron chi connectivity index (χ1n) is 17.5. The van der Waals surface area contributed by atoms with Crippen LogP contribution in [0, 0.1) is 11.8 Å². The number of nitrogens with one attached hydrogen (secondary N) is 1. The van der Waals surface area contributed by atoms with Gasteiger partial charge in [-0.1, -0.05) is 31.5 Å². The van der Waals surface area contributed by atoms with Gasteiger partial charge in [-0.2, -0.15) is 0 Å². The molecule has 250 valence electrons. The van der Waals surface area contributed by atoms with E-state index in [9.17, 15) is 9.90 Å². The summed E-state index contributed by atoms with van der Waals surface area (Å²) in [6, 6.07) is 13.8. The molecule has 1 fully saturated rings. The van der Waals surface area contributed by atoms with Crippen LogP contribution in [0.5, 0.6) is 17.2 Å². The number of carbonyl (C=O) groups is 1. The number of rotatable bonds is 8. The molecule has 0 unspecified atom stereocenters. The fourth-order valence-electron chi connectivity index (χ4n) is 8.93. The SMILES string of the molecule is C[C@@H](COc1ccnc2c1[C@H](C)CCC2)C[C@H]1Cc2cc3c(cc2C12CCC(Nc1cccc(Cl)c1)(C(=O)O)CC2)OCC[C@H](C)O3. The highest BCUT2D eigenvalue weighted by Gasteiger charge is 2.54. The Labute approximate surface area is 283 Å². The van der Waals surface area contributed by atoms with E-state index in [1.165, 1.54) is 35.2 Å². The first kappa shape index (κ1) is 32.1. The number of ether oxygens (including phenoxy) is 3. The third-order valence-electron chi connectivity index (χ3n) is 11.5. The van der Waals surface area contributed by atoms with Crippen molar-refractivity contribution in [2.45, 2.75) is 108 Å². The molecule has 4 aliphatic rings. The maximum Gasteiger partial charge on any atom is 0.329 e. The number of fused-ring (bicyclic) bond motifs is 4. The lowest BCUT2D eigenvalue weighted by atomic mass is 9.59. The Morgan fingerprint density at radius 2 is 1.96 bits per heavy atom. The third kappa shape index (κ3) is 6.16. The number of hydrogen-bond acceptors (Lipinski definition) is 6. The predicted molar refractivity (Wildman–Crippen MR) is 184 cm³/mol. The van der Waals surface area contributed by atoms with E-state index in [1.807, 2.05) is 24.4 Å². The molecule has 3 aromatic rings. The molecule has 1 aromatic heterocycles. The molecule has 0 radical (unpaired) electrons. The number of anilines is 1. The van der Waals surface area contributed by atoms with E-state index >= 15 is 0 Å². The molecule has 7 nitrogen and oxygen atoms in total. The number of nitrogens with zero attached hydrogens (tertiary/aromatic N) is 1. The number of aliphatic carboxylic acids is 1. The van der Waals surface area contributed by atoms with Crippen molar-refractivity contribution in [2.75, 3.05) is 18.5 Å². The van der Waals surface area contributed by atoms with Crippen LogP contribution in [0.4, 0.5) is 5.69 Å². The summed E-state index contributed by atoms with van der Waals surface area (Å²) >= 11 is 6.27. The first-order chi connectivity index (χ1) is 22.7. The Morgan fingerprint density at radius 1 is 1.13 bits per heavy atom. The Kier molecular flexibility index (Phi) is 8.79. The summed E-state index contributed by atoms with van der Waals surface area (Å²) in [6.07, 6.45) is 10.7. The fraction of sp³-hybridized carbons (Fsp3) is 0.538. The van der Waals surface area contributed by atoms with Crippen LogP contribution < -0.4 is 19.5 Å².